The van der Waals surface area contributed by atoms with Gasteiger partial charge in [-0.05, 0) is 17.7 Å². The van der Waals surface area contributed by atoms with Crippen molar-refractivity contribution >= 4 is 17.3 Å². The summed E-state index contributed by atoms with van der Waals surface area (Å²) in [6, 6.07) is 3.55. The molecule has 0 aliphatic heterocycles. The van der Waals surface area contributed by atoms with Gasteiger partial charge in [-0.3, -0.25) is 14.9 Å². The Balaban J connectivity index is 3.06. The van der Waals surface area contributed by atoms with E-state index >= 15 is 0 Å². The minimum absolute atomic E-state index is 0.130. The summed E-state index contributed by atoms with van der Waals surface area (Å²) in [6.45, 7) is 0.508. The lowest BCUT2D eigenvalue weighted by molar-refractivity contribution is -0.385. The number of rotatable bonds is 6. The molecule has 0 atom stereocenters. The third-order valence-electron chi connectivity index (χ3n) is 2.17. The van der Waals surface area contributed by atoms with Gasteiger partial charge in [-0.1, -0.05) is 5.11 Å². The van der Waals surface area contributed by atoms with Gasteiger partial charge in [-0.15, -0.1) is 0 Å². The van der Waals surface area contributed by atoms with Gasteiger partial charge in [-0.25, -0.2) is 0 Å². The number of carbonyl (C=O) groups is 1. The monoisotopic (exact) mass is 265 g/mol. The lowest BCUT2D eigenvalue weighted by atomic mass is 10.1. The Hall–Kier alpha value is -2.64. The van der Waals surface area contributed by atoms with E-state index in [1.54, 1.807) is 0 Å². The Morgan fingerprint density at radius 1 is 1.63 bits per heavy atom. The number of carbonyl (C=O) groups excluding carboxylic acids is 1. The molecule has 1 aromatic carbocycles. The fraction of sp³-hybridized carbons (Fsp3) is 0.300. The van der Waals surface area contributed by atoms with Crippen molar-refractivity contribution in [1.82, 2.24) is 5.32 Å². The van der Waals surface area contributed by atoms with Crippen LogP contribution >= 0.6 is 0 Å². The Morgan fingerprint density at radius 2 is 2.37 bits per heavy atom. The number of nitro groups is 1. The number of nitrogens with zero attached hydrogens (tertiary/aromatic N) is 4. The number of hydrogen-bond donors (Lipinski definition) is 1. The molecule has 19 heavy (non-hydrogen) atoms. The molecule has 0 saturated carbocycles. The number of hydrogen-bond acceptors (Lipinski definition) is 5. The van der Waals surface area contributed by atoms with E-state index < -0.39 is 10.8 Å². The zero-order chi connectivity index (χ0) is 14.3. The van der Waals surface area contributed by atoms with Crippen LogP contribution in [0.2, 0.25) is 0 Å². The van der Waals surface area contributed by atoms with E-state index in [0.29, 0.717) is 0 Å². The van der Waals surface area contributed by atoms with E-state index in [4.69, 9.17) is 10.3 Å². The first-order valence-electron chi connectivity index (χ1n) is 5.20. The molecule has 9 nitrogen and oxygen atoms in total. The second kappa shape index (κ2) is 6.94. The second-order valence-electron chi connectivity index (χ2n) is 3.40. The first-order valence-corrected chi connectivity index (χ1v) is 5.20. The Morgan fingerprint density at radius 3 is 2.95 bits per heavy atom. The van der Waals surface area contributed by atoms with Crippen LogP contribution in [0.15, 0.2) is 23.3 Å². The lowest BCUT2D eigenvalue weighted by Crippen LogP contribution is -2.27. The number of azide groups is 1. The molecule has 1 amide bonds. The smallest absolute Gasteiger partial charge is 0.282 e. The maximum Gasteiger partial charge on any atom is 0.282 e. The van der Waals surface area contributed by atoms with Crippen LogP contribution in [-0.2, 0) is 4.74 Å². The highest BCUT2D eigenvalue weighted by Crippen LogP contribution is 2.24. The molecule has 1 N–H and O–H groups in total. The van der Waals surface area contributed by atoms with Crippen LogP contribution < -0.4 is 5.32 Å². The topological polar surface area (TPSA) is 130 Å². The number of benzene rings is 1. The quantitative estimate of drug-likeness (QED) is 0.210. The predicted molar refractivity (Wildman–Crippen MR) is 66.1 cm³/mol. The molecule has 100 valence electrons. The molecule has 0 aliphatic rings. The van der Waals surface area contributed by atoms with Gasteiger partial charge in [-0.2, -0.15) is 0 Å². The minimum atomic E-state index is -0.675. The predicted octanol–water partition coefficient (Wildman–Crippen LogP) is 1.91. The molecule has 0 aromatic heterocycles. The summed E-state index contributed by atoms with van der Waals surface area (Å²) in [5, 5.41) is 16.6. The zero-order valence-corrected chi connectivity index (χ0v) is 10.1. The van der Waals surface area contributed by atoms with Gasteiger partial charge < -0.3 is 10.1 Å². The third kappa shape index (κ3) is 3.95. The molecular formula is C10H11N5O4. The average Bonchev–Trinajstić information content (AvgIpc) is 2.39. The summed E-state index contributed by atoms with van der Waals surface area (Å²) in [7, 11) is 1.47. The number of ether oxygens (including phenoxy) is 1. The second-order valence-corrected chi connectivity index (χ2v) is 3.40. The van der Waals surface area contributed by atoms with E-state index in [1.807, 2.05) is 0 Å². The standard InChI is InChI=1S/C10H11N5O4/c1-19-5-4-12-10(16)8-6-7(13-14-11)2-3-9(8)15(17)18/h2-3,6H,4-5H2,1H3,(H,12,16). The molecule has 0 fully saturated rings. The van der Waals surface area contributed by atoms with Crippen molar-refractivity contribution in [1.29, 1.82) is 0 Å². The van der Waals surface area contributed by atoms with Crippen LogP contribution in [0.25, 0.3) is 10.4 Å². The highest BCUT2D eigenvalue weighted by Gasteiger charge is 2.20. The molecule has 0 heterocycles. The van der Waals surface area contributed by atoms with E-state index in [1.165, 1.54) is 19.2 Å². The van der Waals surface area contributed by atoms with Crippen LogP contribution in [0.1, 0.15) is 10.4 Å². The molecule has 0 saturated heterocycles. The summed E-state index contributed by atoms with van der Waals surface area (Å²) in [5.74, 6) is -0.626. The average molecular weight is 265 g/mol. The van der Waals surface area contributed by atoms with Crippen LogP contribution in [0.4, 0.5) is 11.4 Å². The molecule has 0 radical (unpaired) electrons. The fourth-order valence-corrected chi connectivity index (χ4v) is 1.34. The van der Waals surface area contributed by atoms with Crippen molar-refractivity contribution in [2.24, 2.45) is 5.11 Å². The summed E-state index contributed by atoms with van der Waals surface area (Å²) in [5.41, 5.74) is 7.92. The Labute approximate surface area is 108 Å². The summed E-state index contributed by atoms with van der Waals surface area (Å²) in [4.78, 5) is 24.5. The molecular weight excluding hydrogens is 254 g/mol. The highest BCUT2D eigenvalue weighted by atomic mass is 16.6. The largest absolute Gasteiger partial charge is 0.383 e. The van der Waals surface area contributed by atoms with Crippen molar-refractivity contribution in [3.05, 3.63) is 44.3 Å². The normalized spacial score (nSPS) is 9.53. The maximum atomic E-state index is 11.8. The van der Waals surface area contributed by atoms with Crippen molar-refractivity contribution in [3.63, 3.8) is 0 Å². The molecule has 1 rings (SSSR count). The molecule has 9 heteroatoms. The third-order valence-corrected chi connectivity index (χ3v) is 2.17. The van der Waals surface area contributed by atoms with E-state index in [0.717, 1.165) is 6.07 Å². The van der Waals surface area contributed by atoms with Crippen molar-refractivity contribution in [2.45, 2.75) is 0 Å². The van der Waals surface area contributed by atoms with Gasteiger partial charge in [0.25, 0.3) is 11.6 Å². The van der Waals surface area contributed by atoms with Crippen LogP contribution in [0.5, 0.6) is 0 Å². The Bertz CT molecular complexity index is 539. The maximum absolute atomic E-state index is 11.8. The summed E-state index contributed by atoms with van der Waals surface area (Å²) >= 11 is 0. The van der Waals surface area contributed by atoms with Gasteiger partial charge >= 0.3 is 0 Å². The number of amides is 1. The molecule has 0 bridgehead atoms. The highest BCUT2D eigenvalue weighted by molar-refractivity contribution is 5.98. The first kappa shape index (κ1) is 14.4. The van der Waals surface area contributed by atoms with Crippen molar-refractivity contribution in [3.8, 4) is 0 Å². The van der Waals surface area contributed by atoms with Gasteiger partial charge in [0.1, 0.15) is 5.56 Å². The molecule has 0 unspecified atom stereocenters. The van der Waals surface area contributed by atoms with Gasteiger partial charge in [0, 0.05) is 30.3 Å². The molecule has 0 spiro atoms. The summed E-state index contributed by atoms with van der Waals surface area (Å²) < 4.78 is 4.75. The number of nitro benzene ring substituents is 1. The van der Waals surface area contributed by atoms with E-state index in [2.05, 4.69) is 15.3 Å². The lowest BCUT2D eigenvalue weighted by Gasteiger charge is -2.05. The van der Waals surface area contributed by atoms with Gasteiger partial charge in [0.15, 0.2) is 0 Å². The van der Waals surface area contributed by atoms with Gasteiger partial charge in [0.05, 0.1) is 11.5 Å². The SMILES string of the molecule is COCCNC(=O)c1cc(N=[N+]=[N-])ccc1[N+](=O)[O-]. The van der Waals surface area contributed by atoms with E-state index in [9.17, 15) is 14.9 Å². The van der Waals surface area contributed by atoms with Crippen LogP contribution in [0.3, 0.4) is 0 Å². The van der Waals surface area contributed by atoms with Gasteiger partial charge in [0.2, 0.25) is 0 Å². The van der Waals surface area contributed by atoms with Crippen molar-refractivity contribution < 1.29 is 14.5 Å². The zero-order valence-electron chi connectivity index (χ0n) is 10.1. The van der Waals surface area contributed by atoms with E-state index in [-0.39, 0.29) is 30.1 Å². The summed E-state index contributed by atoms with van der Waals surface area (Å²) in [6.07, 6.45) is 0. The number of nitrogens with one attached hydrogen (secondary N) is 1. The van der Waals surface area contributed by atoms with Crippen LogP contribution in [0, 0.1) is 10.1 Å². The van der Waals surface area contributed by atoms with Crippen LogP contribution in [-0.4, -0.2) is 31.1 Å². The minimum Gasteiger partial charge on any atom is -0.383 e. The molecule has 1 aromatic rings. The first-order chi connectivity index (χ1) is 9.10. The Kier molecular flexibility index (Phi) is 5.27. The molecule has 0 aliphatic carbocycles. The number of methoxy groups -OCH3 is 1. The fourth-order valence-electron chi connectivity index (χ4n) is 1.34. The van der Waals surface area contributed by atoms with Crippen molar-refractivity contribution in [2.75, 3.05) is 20.3 Å².